The fourth-order valence-corrected chi connectivity index (χ4v) is 4.52. The van der Waals surface area contributed by atoms with Gasteiger partial charge in [0.1, 0.15) is 30.2 Å². The van der Waals surface area contributed by atoms with Crippen LogP contribution in [0.1, 0.15) is 57.8 Å². The van der Waals surface area contributed by atoms with E-state index in [9.17, 15) is 9.90 Å². The number of nitrogen functional groups attached to an aromatic ring is 1. The Morgan fingerprint density at radius 1 is 1.20 bits per heavy atom. The SMILES string of the molecule is Cc1cc(C(=N)N)cc(C)c1CNc1cc(OCc2cn3cc(C4CC4)cc(CC(=O)O)c3n2)ncn1.O=CO. The van der Waals surface area contributed by atoms with E-state index in [2.05, 4.69) is 20.3 Å². The molecule has 5 rings (SSSR count). The van der Waals surface area contributed by atoms with Gasteiger partial charge < -0.3 is 30.4 Å². The summed E-state index contributed by atoms with van der Waals surface area (Å²) in [4.78, 5) is 32.9. The summed E-state index contributed by atoms with van der Waals surface area (Å²) in [6.07, 6.45) is 7.55. The first kappa shape index (κ1) is 28.0. The first-order chi connectivity index (χ1) is 19.2. The number of nitrogens with two attached hydrogens (primary N) is 1. The molecule has 0 aliphatic heterocycles. The normalized spacial score (nSPS) is 12.3. The van der Waals surface area contributed by atoms with Crippen molar-refractivity contribution in [3.05, 3.63) is 82.1 Å². The van der Waals surface area contributed by atoms with Crippen molar-refractivity contribution in [3.8, 4) is 5.88 Å². The van der Waals surface area contributed by atoms with Crippen LogP contribution in [0.3, 0.4) is 0 Å². The van der Waals surface area contributed by atoms with Crippen molar-refractivity contribution in [1.29, 1.82) is 5.41 Å². The zero-order valence-corrected chi connectivity index (χ0v) is 22.2. The number of pyridine rings is 1. The van der Waals surface area contributed by atoms with Crippen LogP contribution in [0.5, 0.6) is 5.88 Å². The third-order valence-electron chi connectivity index (χ3n) is 6.55. The van der Waals surface area contributed by atoms with Gasteiger partial charge in [0.05, 0.1) is 12.1 Å². The van der Waals surface area contributed by atoms with Gasteiger partial charge in [0.25, 0.3) is 6.47 Å². The first-order valence-corrected chi connectivity index (χ1v) is 12.6. The molecule has 0 amide bonds. The molecular weight excluding hydrogens is 514 g/mol. The molecule has 3 aromatic heterocycles. The van der Waals surface area contributed by atoms with Crippen molar-refractivity contribution in [2.75, 3.05) is 5.32 Å². The number of carbonyl (C=O) groups is 2. The van der Waals surface area contributed by atoms with E-state index in [1.165, 1.54) is 6.33 Å². The molecule has 0 spiro atoms. The van der Waals surface area contributed by atoms with Gasteiger partial charge in [0, 0.05) is 36.1 Å². The highest BCUT2D eigenvalue weighted by Gasteiger charge is 2.25. The van der Waals surface area contributed by atoms with E-state index in [1.807, 2.05) is 48.8 Å². The van der Waals surface area contributed by atoms with Gasteiger partial charge in [0.2, 0.25) is 5.88 Å². The third kappa shape index (κ3) is 6.90. The van der Waals surface area contributed by atoms with Gasteiger partial charge in [-0.1, -0.05) is 0 Å². The molecular formula is C28H31N7O5. The van der Waals surface area contributed by atoms with E-state index in [0.29, 0.717) is 46.6 Å². The fourth-order valence-electron chi connectivity index (χ4n) is 4.52. The average Bonchev–Trinajstić information content (AvgIpc) is 3.66. The maximum absolute atomic E-state index is 11.4. The molecule has 1 fully saturated rings. The zero-order chi connectivity index (χ0) is 28.8. The molecule has 6 N–H and O–H groups in total. The lowest BCUT2D eigenvalue weighted by Gasteiger charge is -2.14. The molecule has 0 bridgehead atoms. The molecule has 0 radical (unpaired) electrons. The van der Waals surface area contributed by atoms with Crippen molar-refractivity contribution in [1.82, 2.24) is 19.4 Å². The van der Waals surface area contributed by atoms with Gasteiger partial charge in [-0.2, -0.15) is 0 Å². The Morgan fingerprint density at radius 3 is 2.52 bits per heavy atom. The minimum absolute atomic E-state index is 0.0513. The summed E-state index contributed by atoms with van der Waals surface area (Å²) in [5.41, 5.74) is 12.7. The number of aromatic nitrogens is 4. The third-order valence-corrected chi connectivity index (χ3v) is 6.55. The quantitative estimate of drug-likeness (QED) is 0.112. The number of rotatable bonds is 10. The lowest BCUT2D eigenvalue weighted by molar-refractivity contribution is -0.136. The van der Waals surface area contributed by atoms with Crippen molar-refractivity contribution in [3.63, 3.8) is 0 Å². The molecule has 1 aliphatic rings. The van der Waals surface area contributed by atoms with E-state index in [0.717, 1.165) is 35.1 Å². The molecule has 40 heavy (non-hydrogen) atoms. The molecule has 1 aliphatic carbocycles. The Morgan fingerprint density at radius 2 is 1.90 bits per heavy atom. The Balaban J connectivity index is 0.00000118. The zero-order valence-electron chi connectivity index (χ0n) is 22.2. The maximum Gasteiger partial charge on any atom is 0.307 e. The summed E-state index contributed by atoms with van der Waals surface area (Å²) in [5.74, 6) is 0.699. The number of benzene rings is 1. The number of anilines is 1. The van der Waals surface area contributed by atoms with E-state index in [-0.39, 0.29) is 25.3 Å². The van der Waals surface area contributed by atoms with E-state index in [4.69, 9.17) is 25.8 Å². The number of aryl methyl sites for hydroxylation is 2. The van der Waals surface area contributed by atoms with Crippen LogP contribution in [0, 0.1) is 19.3 Å². The summed E-state index contributed by atoms with van der Waals surface area (Å²) in [5, 5.41) is 27.2. The van der Waals surface area contributed by atoms with Gasteiger partial charge >= 0.3 is 5.97 Å². The van der Waals surface area contributed by atoms with Gasteiger partial charge in [-0.25, -0.2) is 15.0 Å². The van der Waals surface area contributed by atoms with Crippen LogP contribution in [0.15, 0.2) is 43.0 Å². The van der Waals surface area contributed by atoms with Crippen LogP contribution in [-0.2, 0) is 29.2 Å². The largest absolute Gasteiger partial charge is 0.483 e. The monoisotopic (exact) mass is 545 g/mol. The smallest absolute Gasteiger partial charge is 0.307 e. The number of fused-ring (bicyclic) bond motifs is 1. The van der Waals surface area contributed by atoms with E-state index in [1.54, 1.807) is 6.07 Å². The van der Waals surface area contributed by atoms with Crippen LogP contribution in [-0.4, -0.2) is 47.8 Å². The van der Waals surface area contributed by atoms with Gasteiger partial charge in [-0.3, -0.25) is 15.0 Å². The van der Waals surface area contributed by atoms with E-state index >= 15 is 0 Å². The van der Waals surface area contributed by atoms with Crippen molar-refractivity contribution >= 4 is 29.7 Å². The molecule has 3 heterocycles. The summed E-state index contributed by atoms with van der Waals surface area (Å²) < 4.78 is 7.80. The van der Waals surface area contributed by atoms with Crippen LogP contribution in [0.4, 0.5) is 5.82 Å². The van der Waals surface area contributed by atoms with E-state index < -0.39 is 5.97 Å². The Bertz CT molecular complexity index is 1540. The minimum atomic E-state index is -0.878. The number of imidazole rings is 1. The summed E-state index contributed by atoms with van der Waals surface area (Å²) in [6.45, 7) is 4.48. The number of carboxylic acid groups (broad SMARTS) is 2. The molecule has 0 atom stereocenters. The Kier molecular flexibility index (Phi) is 8.57. The molecule has 0 unspecified atom stereocenters. The number of hydrogen-bond donors (Lipinski definition) is 5. The molecule has 208 valence electrons. The summed E-state index contributed by atoms with van der Waals surface area (Å²) in [6, 6.07) is 7.51. The fraction of sp³-hybridized carbons (Fsp3) is 0.286. The lowest BCUT2D eigenvalue weighted by atomic mass is 9.99. The second-order valence-corrected chi connectivity index (χ2v) is 9.60. The molecule has 12 nitrogen and oxygen atoms in total. The maximum atomic E-state index is 11.4. The highest BCUT2D eigenvalue weighted by atomic mass is 16.5. The van der Waals surface area contributed by atoms with Crippen molar-refractivity contribution < 1.29 is 24.5 Å². The van der Waals surface area contributed by atoms with Crippen LogP contribution < -0.4 is 15.8 Å². The average molecular weight is 546 g/mol. The number of nitrogens with zero attached hydrogens (tertiary/aromatic N) is 4. The molecule has 1 saturated carbocycles. The van der Waals surface area contributed by atoms with Crippen LogP contribution >= 0.6 is 0 Å². The number of nitrogens with one attached hydrogen (secondary N) is 2. The highest BCUT2D eigenvalue weighted by molar-refractivity contribution is 5.95. The topological polar surface area (TPSA) is 189 Å². The second kappa shape index (κ2) is 12.2. The standard InChI is InChI=1S/C27H29N7O3.CH2O2/c1-15-5-18(26(28)29)6-16(2)22(15)10-30-23-9-24(32-14-31-23)37-13-21-12-34-11-20(17-3-4-17)7-19(8-25(35)36)27(34)33-21;2-1-3/h5-7,9,11-12,14,17H,3-4,8,10,13H2,1-2H3,(H3,28,29)(H,35,36)(H,30,31,32);1H,(H,2,3). The predicted octanol–water partition coefficient (Wildman–Crippen LogP) is 3.42. The number of amidine groups is 1. The molecule has 12 heteroatoms. The number of carboxylic acids is 1. The number of ether oxygens (including phenoxy) is 1. The van der Waals surface area contributed by atoms with Gasteiger partial charge in [-0.15, -0.1) is 0 Å². The first-order valence-electron chi connectivity index (χ1n) is 12.6. The highest BCUT2D eigenvalue weighted by Crippen LogP contribution is 2.40. The van der Waals surface area contributed by atoms with Gasteiger partial charge in [-0.05, 0) is 73.1 Å². The number of aliphatic carboxylic acids is 1. The minimum Gasteiger partial charge on any atom is -0.483 e. The Labute approximate surface area is 230 Å². The van der Waals surface area contributed by atoms with Crippen molar-refractivity contribution in [2.24, 2.45) is 5.73 Å². The summed E-state index contributed by atoms with van der Waals surface area (Å²) in [7, 11) is 0. The molecule has 4 aromatic rings. The Hall–Kier alpha value is -5.00. The van der Waals surface area contributed by atoms with Crippen molar-refractivity contribution in [2.45, 2.75) is 52.2 Å². The van der Waals surface area contributed by atoms with Crippen LogP contribution in [0.25, 0.3) is 5.65 Å². The molecule has 0 saturated heterocycles. The number of hydrogen-bond acceptors (Lipinski definition) is 8. The lowest BCUT2D eigenvalue weighted by Crippen LogP contribution is -2.13. The predicted molar refractivity (Wildman–Crippen MR) is 148 cm³/mol. The van der Waals surface area contributed by atoms with Gasteiger partial charge in [0.15, 0.2) is 0 Å². The second-order valence-electron chi connectivity index (χ2n) is 9.60. The molecule has 1 aromatic carbocycles. The van der Waals surface area contributed by atoms with Crippen LogP contribution in [0.2, 0.25) is 0 Å². The summed E-state index contributed by atoms with van der Waals surface area (Å²) >= 11 is 0.